The zero-order valence-electron chi connectivity index (χ0n) is 34.2. The topological polar surface area (TPSA) is 267 Å². The first-order chi connectivity index (χ1) is 30.1. The van der Waals surface area contributed by atoms with Crippen molar-refractivity contribution in [1.29, 1.82) is 0 Å². The number of hydrogen-bond acceptors (Lipinski definition) is 17. The van der Waals surface area contributed by atoms with Crippen molar-refractivity contribution in [2.24, 2.45) is 5.10 Å². The van der Waals surface area contributed by atoms with Gasteiger partial charge in [-0.15, -0.1) is 0 Å². The number of carbonyl (C=O) groups is 4. The first-order valence-corrected chi connectivity index (χ1v) is 20.4. The number of phenolic OH excluding ortho intramolecular Hbond substituents is 2. The molecule has 2 aliphatic carbocycles. The molecule has 334 valence electrons. The third-order valence-corrected chi connectivity index (χ3v) is 12.4. The van der Waals surface area contributed by atoms with Gasteiger partial charge in [0.05, 0.1) is 55.6 Å². The van der Waals surface area contributed by atoms with Gasteiger partial charge in [-0.2, -0.15) is 5.10 Å². The molecule has 2 saturated heterocycles. The number of aliphatic hydroxyl groups excluding tert-OH is 3. The highest BCUT2D eigenvalue weighted by Crippen LogP contribution is 2.55. The SMILES string of the molecule is COc1cccc2c1C(O)c1c(O)c3c(c(O)c1C2=O)C[C@@](O)(/C(CO)=N/NC(=O)c1cc(Cl)cc(N2C(=O)C=CC2=O)c1)C[C@@H]3O[C@H]1CC(N2CCO[C@@H](OC)C2)[C@H](O)[C@H](C)O1. The summed E-state index contributed by atoms with van der Waals surface area (Å²) in [4.78, 5) is 55.2. The fourth-order valence-corrected chi connectivity index (χ4v) is 9.35. The van der Waals surface area contributed by atoms with E-state index in [-0.39, 0.29) is 56.3 Å². The fraction of sp³-hybridized carbons (Fsp3) is 0.419. The van der Waals surface area contributed by atoms with E-state index in [1.54, 1.807) is 6.92 Å². The number of benzene rings is 3. The molecule has 3 aliphatic heterocycles. The number of imide groups is 1. The molecule has 2 unspecified atom stereocenters. The number of phenols is 2. The number of nitrogens with one attached hydrogen (secondary N) is 1. The molecule has 63 heavy (non-hydrogen) atoms. The van der Waals surface area contributed by atoms with E-state index < -0.39 is 114 Å². The Morgan fingerprint density at radius 2 is 1.78 bits per heavy atom. The molecule has 8 atom stereocenters. The van der Waals surface area contributed by atoms with Crippen LogP contribution in [-0.2, 0) is 35.0 Å². The number of hydrogen-bond donors (Lipinski definition) is 7. The molecule has 20 heteroatoms. The van der Waals surface area contributed by atoms with E-state index in [1.165, 1.54) is 50.6 Å². The molecular formula is C43H45ClN4O15. The fourth-order valence-electron chi connectivity index (χ4n) is 9.12. The summed E-state index contributed by atoms with van der Waals surface area (Å²) < 4.78 is 29.2. The minimum atomic E-state index is -2.27. The molecule has 8 rings (SSSR count). The van der Waals surface area contributed by atoms with Gasteiger partial charge in [-0.3, -0.25) is 24.1 Å². The second-order valence-corrected chi connectivity index (χ2v) is 16.3. The van der Waals surface area contributed by atoms with Gasteiger partial charge >= 0.3 is 0 Å². The van der Waals surface area contributed by atoms with Crippen LogP contribution in [0.2, 0.25) is 5.02 Å². The van der Waals surface area contributed by atoms with Crippen LogP contribution in [0, 0.1) is 0 Å². The normalized spacial score (nSPS) is 28.4. The Balaban J connectivity index is 1.17. The zero-order chi connectivity index (χ0) is 45.1. The lowest BCUT2D eigenvalue weighted by Crippen LogP contribution is -2.59. The molecule has 5 aliphatic rings. The van der Waals surface area contributed by atoms with E-state index in [0.29, 0.717) is 19.7 Å². The summed E-state index contributed by atoms with van der Waals surface area (Å²) in [5, 5.41) is 74.7. The second kappa shape index (κ2) is 17.3. The van der Waals surface area contributed by atoms with E-state index >= 15 is 0 Å². The Labute approximate surface area is 364 Å². The molecule has 2 fully saturated rings. The largest absolute Gasteiger partial charge is 0.507 e. The van der Waals surface area contributed by atoms with Gasteiger partial charge in [0.15, 0.2) is 18.4 Å². The minimum Gasteiger partial charge on any atom is -0.507 e. The predicted octanol–water partition coefficient (Wildman–Crippen LogP) is 1.50. The highest BCUT2D eigenvalue weighted by atomic mass is 35.5. The molecule has 3 heterocycles. The number of halogens is 1. The molecule has 3 aromatic carbocycles. The van der Waals surface area contributed by atoms with Gasteiger partial charge in [-0.1, -0.05) is 23.7 Å². The number of fused-ring (bicyclic) bond motifs is 3. The molecule has 0 spiro atoms. The average molecular weight is 893 g/mol. The molecule has 3 aromatic rings. The van der Waals surface area contributed by atoms with Gasteiger partial charge < -0.3 is 54.3 Å². The smallest absolute Gasteiger partial charge is 0.271 e. The number of morpholine rings is 1. The van der Waals surface area contributed by atoms with Gasteiger partial charge in [0, 0.05) is 96.1 Å². The third kappa shape index (κ3) is 7.88. The van der Waals surface area contributed by atoms with Gasteiger partial charge in [-0.05, 0) is 31.2 Å². The van der Waals surface area contributed by atoms with Crippen molar-refractivity contribution >= 4 is 46.5 Å². The lowest BCUT2D eigenvalue weighted by molar-refractivity contribution is -0.265. The molecule has 0 bridgehead atoms. The van der Waals surface area contributed by atoms with Gasteiger partial charge in [0.25, 0.3) is 17.7 Å². The van der Waals surface area contributed by atoms with Crippen molar-refractivity contribution in [3.8, 4) is 17.2 Å². The van der Waals surface area contributed by atoms with Crippen LogP contribution < -0.4 is 15.1 Å². The van der Waals surface area contributed by atoms with Crippen LogP contribution in [-0.4, -0.2) is 142 Å². The van der Waals surface area contributed by atoms with Crippen LogP contribution in [0.15, 0.2) is 53.7 Å². The van der Waals surface area contributed by atoms with Crippen molar-refractivity contribution in [2.45, 2.75) is 74.8 Å². The molecular weight excluding hydrogens is 848 g/mol. The lowest BCUT2D eigenvalue weighted by atomic mass is 9.71. The van der Waals surface area contributed by atoms with Crippen LogP contribution in [0.4, 0.5) is 5.69 Å². The molecule has 3 amide bonds. The van der Waals surface area contributed by atoms with E-state index in [4.69, 9.17) is 35.3 Å². The molecule has 0 aromatic heterocycles. The summed E-state index contributed by atoms with van der Waals surface area (Å²) in [5.41, 5.74) is -1.58. The molecule has 7 N–H and O–H groups in total. The number of hydrazone groups is 1. The molecule has 0 saturated carbocycles. The van der Waals surface area contributed by atoms with Crippen LogP contribution in [0.25, 0.3) is 0 Å². The maximum Gasteiger partial charge on any atom is 0.271 e. The van der Waals surface area contributed by atoms with Crippen LogP contribution in [0.1, 0.15) is 80.5 Å². The van der Waals surface area contributed by atoms with Crippen molar-refractivity contribution < 1.29 is 73.5 Å². The van der Waals surface area contributed by atoms with Crippen molar-refractivity contribution in [1.82, 2.24) is 10.3 Å². The second-order valence-electron chi connectivity index (χ2n) is 15.9. The number of nitrogens with zero attached hydrogens (tertiary/aromatic N) is 3. The Morgan fingerprint density at radius 3 is 2.48 bits per heavy atom. The number of carbonyl (C=O) groups excluding carboxylic acids is 4. The number of aromatic hydroxyl groups is 2. The van der Waals surface area contributed by atoms with E-state index in [1.807, 2.05) is 4.90 Å². The summed E-state index contributed by atoms with van der Waals surface area (Å²) in [6.07, 6.45) is -5.44. The Kier molecular flexibility index (Phi) is 12.2. The first kappa shape index (κ1) is 44.3. The summed E-state index contributed by atoms with van der Waals surface area (Å²) >= 11 is 6.26. The van der Waals surface area contributed by atoms with Crippen molar-refractivity contribution in [3.63, 3.8) is 0 Å². The monoisotopic (exact) mass is 892 g/mol. The Bertz CT molecular complexity index is 2430. The van der Waals surface area contributed by atoms with Gasteiger partial charge in [-0.25, -0.2) is 10.3 Å². The lowest BCUT2D eigenvalue weighted by Gasteiger charge is -2.47. The molecule has 19 nitrogen and oxygen atoms in total. The van der Waals surface area contributed by atoms with E-state index in [9.17, 15) is 49.8 Å². The van der Waals surface area contributed by atoms with Gasteiger partial charge in [0.2, 0.25) is 0 Å². The summed E-state index contributed by atoms with van der Waals surface area (Å²) in [5.74, 6) is -4.13. The van der Waals surface area contributed by atoms with E-state index in [2.05, 4.69) is 10.5 Å². The predicted molar refractivity (Wildman–Crippen MR) is 219 cm³/mol. The number of methoxy groups -OCH3 is 2. The summed E-state index contributed by atoms with van der Waals surface area (Å²) in [6, 6.07) is 7.72. The van der Waals surface area contributed by atoms with Crippen LogP contribution >= 0.6 is 11.6 Å². The van der Waals surface area contributed by atoms with Crippen molar-refractivity contribution in [2.75, 3.05) is 45.4 Å². The molecule has 0 radical (unpaired) electrons. The summed E-state index contributed by atoms with van der Waals surface area (Å²) in [6.45, 7) is 1.79. The summed E-state index contributed by atoms with van der Waals surface area (Å²) in [7, 11) is 2.86. The van der Waals surface area contributed by atoms with Crippen LogP contribution in [0.3, 0.4) is 0 Å². The number of ketones is 1. The van der Waals surface area contributed by atoms with Crippen molar-refractivity contribution in [3.05, 3.63) is 92.5 Å². The number of anilines is 1. The van der Waals surface area contributed by atoms with Gasteiger partial charge in [0.1, 0.15) is 29.0 Å². The minimum absolute atomic E-state index is 0.000455. The first-order valence-electron chi connectivity index (χ1n) is 20.0. The Morgan fingerprint density at radius 1 is 1.03 bits per heavy atom. The maximum absolute atomic E-state index is 14.1. The standard InChI is InChI=1S/C43H45ClN4O15/c1-19-37(52)25(47-9-10-61-32(17-47)60-3)14-31(62-19)63-27-16-43(58,28(18-49)45-46-42(57)20-11-21(44)13-22(12-20)48-29(50)7-8-30(48)51)15-24-34(27)41(56)36-35(39(24)54)38(53)23-5-4-6-26(59-2)33(23)40(36)55/h4-8,11-13,19,25,27,31-32,37,40,49,52,54-56,58H,9-10,14-18H2,1-3H3,(H,46,57)/b45-28+/t19-,25?,27-,31-,32+,37+,40?,43-/m0/s1. The number of rotatable bonds is 10. The van der Waals surface area contributed by atoms with Crippen LogP contribution in [0.5, 0.6) is 17.2 Å². The quantitative estimate of drug-likeness (QED) is 0.0658. The van der Waals surface area contributed by atoms with E-state index in [0.717, 1.165) is 17.1 Å². The average Bonchev–Trinajstić information content (AvgIpc) is 3.61. The third-order valence-electron chi connectivity index (χ3n) is 12.2. The Hall–Kier alpha value is -5.32. The highest BCUT2D eigenvalue weighted by Gasteiger charge is 2.50. The number of amides is 3. The number of ether oxygens (including phenoxy) is 5. The highest BCUT2D eigenvalue weighted by molar-refractivity contribution is 6.33. The number of aliphatic hydroxyl groups is 4. The zero-order valence-corrected chi connectivity index (χ0v) is 34.9. The maximum atomic E-state index is 14.1.